The van der Waals surface area contributed by atoms with Crippen molar-refractivity contribution in [1.82, 2.24) is 29.4 Å². The maximum Gasteiger partial charge on any atom is 0.303 e. The first kappa shape index (κ1) is 101. The molecule has 538 valence electrons. The van der Waals surface area contributed by atoms with E-state index in [2.05, 4.69) is 52.2 Å². The van der Waals surface area contributed by atoms with Gasteiger partial charge in [0.1, 0.15) is 44.7 Å². The number of piperidine rings is 1. The summed E-state index contributed by atoms with van der Waals surface area (Å²) in [7, 11) is 13.5. The summed E-state index contributed by atoms with van der Waals surface area (Å²) in [6, 6.07) is 0. The van der Waals surface area contributed by atoms with E-state index in [1.54, 1.807) is 14.0 Å². The predicted molar refractivity (Wildman–Crippen MR) is 350 cm³/mol. The van der Waals surface area contributed by atoms with Crippen LogP contribution in [0.25, 0.3) is 0 Å². The maximum absolute atomic E-state index is 10.5. The molecule has 0 saturated carbocycles. The zero-order valence-corrected chi connectivity index (χ0v) is 58.9. The van der Waals surface area contributed by atoms with Gasteiger partial charge >= 0.3 is 47.8 Å². The molecule has 0 aromatic heterocycles. The second-order valence-electron chi connectivity index (χ2n) is 21.7. The first-order valence-corrected chi connectivity index (χ1v) is 30.4. The lowest BCUT2D eigenvalue weighted by Crippen LogP contribution is -2.38. The minimum atomic E-state index is -0.544. The molecule has 2 heterocycles. The van der Waals surface area contributed by atoms with Crippen molar-refractivity contribution in [1.29, 1.82) is 0 Å². The van der Waals surface area contributed by atoms with E-state index in [0.29, 0.717) is 52.7 Å². The Morgan fingerprint density at radius 3 is 1.26 bits per heavy atom. The largest absolute Gasteiger partial charge is 0.502 e. The molecule has 0 aliphatic carbocycles. The molecule has 2 saturated heterocycles. The van der Waals surface area contributed by atoms with Gasteiger partial charge in [0.05, 0.1) is 52.5 Å². The third-order valence-electron chi connectivity index (χ3n) is 10.3. The number of likely N-dealkylation sites (tertiary alicyclic amines) is 1. The molecule has 0 aromatic rings. The topological polar surface area (TPSA) is 309 Å². The Labute approximate surface area is 543 Å². The van der Waals surface area contributed by atoms with E-state index >= 15 is 0 Å². The van der Waals surface area contributed by atoms with Crippen molar-refractivity contribution >= 4 is 47.8 Å². The summed E-state index contributed by atoms with van der Waals surface area (Å²) in [6.07, 6.45) is 7.15. The molecule has 0 bridgehead atoms. The van der Waals surface area contributed by atoms with Crippen molar-refractivity contribution < 1.29 is 101 Å². The third-order valence-corrected chi connectivity index (χ3v) is 10.3. The maximum atomic E-state index is 10.5. The molecule has 2 rings (SSSR count). The molecule has 2 aliphatic heterocycles. The Morgan fingerprint density at radius 2 is 0.900 bits per heavy atom. The average molecular weight is 1310 g/mol. The summed E-state index contributed by atoms with van der Waals surface area (Å²) in [5.74, 6) is -1.20. The number of methoxy groups -OCH3 is 1. The minimum Gasteiger partial charge on any atom is -0.502 e. The number of hydrogen-bond acceptors (Lipinski definition) is 27. The van der Waals surface area contributed by atoms with E-state index in [4.69, 9.17) is 43.4 Å². The lowest BCUT2D eigenvalue weighted by molar-refractivity contribution is -0.152. The summed E-state index contributed by atoms with van der Waals surface area (Å²) >= 11 is 0. The fourth-order valence-corrected chi connectivity index (χ4v) is 6.30. The van der Waals surface area contributed by atoms with E-state index in [-0.39, 0.29) is 87.2 Å². The van der Waals surface area contributed by atoms with Crippen LogP contribution in [-0.2, 0) is 85.7 Å². The zero-order chi connectivity index (χ0) is 70.0. The molecular weight excluding hydrogens is 1180 g/mol. The molecule has 2 fully saturated rings. The number of carbonyl (C=O) groups is 8. The van der Waals surface area contributed by atoms with Crippen LogP contribution in [-0.4, -0.2) is 305 Å². The van der Waals surface area contributed by atoms with Gasteiger partial charge in [-0.15, -0.1) is 0 Å². The number of hydrogen-bond donors (Lipinski definition) is 3. The van der Waals surface area contributed by atoms with Crippen molar-refractivity contribution in [3.05, 3.63) is 12.3 Å². The van der Waals surface area contributed by atoms with E-state index in [1.165, 1.54) is 74.7 Å². The van der Waals surface area contributed by atoms with Crippen LogP contribution >= 0.6 is 0 Å². The van der Waals surface area contributed by atoms with Gasteiger partial charge in [0.15, 0.2) is 0 Å². The number of nitrogens with zero attached hydrogens (tertiary/aromatic N) is 6. The molecule has 2 aliphatic rings. The number of aliphatic hydroxyl groups is 3. The average Bonchev–Trinajstić information content (AvgIpc) is 3.66. The fraction of sp³-hybridized carbons (Fsp3) is 0.841. The van der Waals surface area contributed by atoms with E-state index in [0.717, 1.165) is 104 Å². The lowest BCUT2D eigenvalue weighted by atomic mass is 10.1. The second-order valence-corrected chi connectivity index (χ2v) is 21.7. The number of allylic oxidation sites excluding steroid dienone is 1. The van der Waals surface area contributed by atoms with Gasteiger partial charge in [0.2, 0.25) is 0 Å². The van der Waals surface area contributed by atoms with Crippen LogP contribution in [0.2, 0.25) is 0 Å². The molecule has 3 N–H and O–H groups in total. The molecular formula is C63H130N6O21. The summed E-state index contributed by atoms with van der Waals surface area (Å²) in [5, 5.41) is 26.3. The van der Waals surface area contributed by atoms with E-state index < -0.39 is 6.10 Å². The molecule has 1 atom stereocenters. The van der Waals surface area contributed by atoms with Crippen molar-refractivity contribution in [3.8, 4) is 0 Å². The second kappa shape index (κ2) is 73.0. The van der Waals surface area contributed by atoms with E-state index in [1.807, 2.05) is 68.0 Å². The highest BCUT2D eigenvalue weighted by atomic mass is 16.6. The van der Waals surface area contributed by atoms with Crippen molar-refractivity contribution in [2.75, 3.05) is 201 Å². The Hall–Kier alpha value is -5.10. The van der Waals surface area contributed by atoms with Crippen LogP contribution in [0, 0.1) is 0 Å². The predicted octanol–water partition coefficient (Wildman–Crippen LogP) is 4.73. The SMILES string of the molecule is C.C=C(C)OC.CC(=O)OC(C)(C)C.CC(=O)OCC(O)CN1CCCCC1.CC(=O)OCCCCN(C)C.CC(=O)OCCCN(C)C.CC(=O)OCCN(C)C.CC(=O)OCCN1CCOCC1.CC(=O)OCCO.CCCN(CCO)CCOC(C)=O. The normalized spacial score (nSPS) is 12.6. The highest BCUT2D eigenvalue weighted by Gasteiger charge is 2.16. The number of unbranched alkanes of at least 4 members (excludes halogenated alkanes) is 1. The smallest absolute Gasteiger partial charge is 0.303 e. The molecule has 0 spiro atoms. The van der Waals surface area contributed by atoms with Gasteiger partial charge in [-0.25, -0.2) is 0 Å². The molecule has 0 amide bonds. The quantitative estimate of drug-likeness (QED) is 0.0395. The van der Waals surface area contributed by atoms with Gasteiger partial charge in [0, 0.05) is 108 Å². The van der Waals surface area contributed by atoms with Crippen LogP contribution in [0.15, 0.2) is 12.3 Å². The monoisotopic (exact) mass is 1310 g/mol. The van der Waals surface area contributed by atoms with Gasteiger partial charge in [-0.2, -0.15) is 0 Å². The third kappa shape index (κ3) is 114. The molecule has 0 radical (unpaired) electrons. The van der Waals surface area contributed by atoms with Crippen LogP contribution in [0.5, 0.6) is 0 Å². The van der Waals surface area contributed by atoms with Gasteiger partial charge < -0.3 is 82.3 Å². The van der Waals surface area contributed by atoms with Crippen molar-refractivity contribution in [2.45, 2.75) is 154 Å². The number of likely N-dealkylation sites (N-methyl/N-ethyl adjacent to an activating group) is 1. The summed E-state index contributed by atoms with van der Waals surface area (Å²) in [6.45, 7) is 38.9. The highest BCUT2D eigenvalue weighted by Crippen LogP contribution is 2.09. The molecule has 0 aromatic carbocycles. The Balaban J connectivity index is -0.000000142. The first-order chi connectivity index (χ1) is 41.5. The van der Waals surface area contributed by atoms with Crippen LogP contribution in [0.1, 0.15) is 142 Å². The highest BCUT2D eigenvalue weighted by molar-refractivity contribution is 5.68. The summed E-state index contributed by atoms with van der Waals surface area (Å²) in [5.41, 5.74) is -0.328. The Kier molecular flexibility index (Phi) is 81.9. The van der Waals surface area contributed by atoms with E-state index in [9.17, 15) is 43.5 Å². The Morgan fingerprint density at radius 1 is 0.500 bits per heavy atom. The Bertz CT molecular complexity index is 1700. The number of β-amino-alcohol motifs (C(OH)–C–C–N with tert-alkyl or cyclic N) is 1. The number of ether oxygens (including phenoxy) is 10. The standard InChI is InChI=1S/C10H19NO3.C9H19NO3.C8H15NO3.C8H17NO2.C7H15NO2.C6H13NO2.C6H12O2.C4H8O3.C4H8O.CH4/c1-9(12)14-8-10(13)7-11-5-3-2-4-6-11;1-3-4-10(5-7-11)6-8-13-9(2)12;1-8(10)12-7-4-9-2-5-11-6-3-9;1-8(10)11-7-5-4-6-9(2)3;1-7(9)10-6-4-5-8(2)3;1-6(8)9-5-4-7(2)3;1-5(7)8-6(2,3)4;1-4(6)7-3-2-5;1-4(2)5-3;/h10,13H,2-8H2,1H3;11H,3-8H2,1-2H3;2-7H2,1H3;4-7H2,1-3H3;4-6H2,1-3H3;4-5H2,1-3H3;1-4H3;5H,2-3H2,1H3;1H2,2-3H3;1H4. The van der Waals surface area contributed by atoms with Crippen LogP contribution < -0.4 is 0 Å². The zero-order valence-electron chi connectivity index (χ0n) is 58.9. The molecule has 27 heteroatoms. The van der Waals surface area contributed by atoms with Gasteiger partial charge in [-0.1, -0.05) is 27.4 Å². The van der Waals surface area contributed by atoms with Crippen molar-refractivity contribution in [2.24, 2.45) is 0 Å². The minimum absolute atomic E-state index is 0. The number of aliphatic hydroxyl groups excluding tert-OH is 3. The first-order valence-electron chi connectivity index (χ1n) is 30.4. The van der Waals surface area contributed by atoms with Crippen LogP contribution in [0.3, 0.4) is 0 Å². The number of rotatable bonds is 29. The molecule has 27 nitrogen and oxygen atoms in total. The fourth-order valence-electron chi connectivity index (χ4n) is 6.30. The summed E-state index contributed by atoms with van der Waals surface area (Å²) in [4.78, 5) is 94.9. The van der Waals surface area contributed by atoms with Gasteiger partial charge in [-0.05, 0) is 135 Å². The number of morpholine rings is 1. The van der Waals surface area contributed by atoms with Gasteiger partial charge in [-0.3, -0.25) is 48.2 Å². The molecule has 1 unspecified atom stereocenters. The van der Waals surface area contributed by atoms with Crippen LogP contribution in [0.4, 0.5) is 0 Å². The summed E-state index contributed by atoms with van der Waals surface area (Å²) < 4.78 is 47.4. The number of esters is 8. The number of carbonyl (C=O) groups excluding carboxylic acids is 8. The lowest BCUT2D eigenvalue weighted by Gasteiger charge is -2.28. The van der Waals surface area contributed by atoms with Crippen molar-refractivity contribution in [3.63, 3.8) is 0 Å². The molecule has 90 heavy (non-hydrogen) atoms. The van der Waals surface area contributed by atoms with Gasteiger partial charge in [0.25, 0.3) is 0 Å².